The Morgan fingerprint density at radius 1 is 1.12 bits per heavy atom. The minimum Gasteiger partial charge on any atom is -0.303 e. The van der Waals surface area contributed by atoms with Gasteiger partial charge in [0, 0.05) is 25.7 Å². The second-order valence-corrected chi connectivity index (χ2v) is 15.4. The average molecular weight is 489 g/mol. The Kier molecular flexibility index (Phi) is 5.28. The summed E-state index contributed by atoms with van der Waals surface area (Å²) in [7, 11) is 0.762. The van der Waals surface area contributed by atoms with Gasteiger partial charge >= 0.3 is 0 Å². The number of allylic oxidation sites excluding steroid dienone is 1. The summed E-state index contributed by atoms with van der Waals surface area (Å²) in [4.78, 5) is 2.65. The van der Waals surface area contributed by atoms with Crippen LogP contribution in [0.2, 0.25) is 0 Å². The molecule has 8 atom stereocenters. The minimum absolute atomic E-state index is 0.0862. The number of thiophene rings is 1. The van der Waals surface area contributed by atoms with Crippen molar-refractivity contribution in [1.82, 2.24) is 9.21 Å². The number of hydrogen-bond acceptors (Lipinski definition) is 4. The lowest BCUT2D eigenvalue weighted by Crippen LogP contribution is -2.53. The Bertz CT molecular complexity index is 1050. The Hall–Kier alpha value is -0.690. The smallest absolute Gasteiger partial charge is 0.252 e. The van der Waals surface area contributed by atoms with Crippen molar-refractivity contribution >= 4 is 21.4 Å². The Balaban J connectivity index is 1.25. The van der Waals surface area contributed by atoms with E-state index in [1.54, 1.807) is 23.0 Å². The largest absolute Gasteiger partial charge is 0.303 e. The van der Waals surface area contributed by atoms with Gasteiger partial charge in [-0.1, -0.05) is 24.6 Å². The van der Waals surface area contributed by atoms with Crippen molar-refractivity contribution in [1.29, 1.82) is 0 Å². The first-order chi connectivity index (χ1) is 15.7. The van der Waals surface area contributed by atoms with Crippen LogP contribution in [0, 0.1) is 34.5 Å². The maximum absolute atomic E-state index is 13.2. The zero-order chi connectivity index (χ0) is 23.2. The van der Waals surface area contributed by atoms with Crippen molar-refractivity contribution in [3.63, 3.8) is 0 Å². The van der Waals surface area contributed by atoms with Gasteiger partial charge < -0.3 is 4.90 Å². The molecule has 0 aromatic carbocycles. The van der Waals surface area contributed by atoms with Gasteiger partial charge in [0.2, 0.25) is 0 Å². The predicted molar refractivity (Wildman–Crippen MR) is 135 cm³/mol. The second-order valence-electron chi connectivity index (χ2n) is 12.2. The third-order valence-corrected chi connectivity index (χ3v) is 14.6. The van der Waals surface area contributed by atoms with E-state index in [-0.39, 0.29) is 11.5 Å². The highest BCUT2D eigenvalue weighted by atomic mass is 32.2. The van der Waals surface area contributed by atoms with E-state index in [1.807, 2.05) is 11.4 Å². The third-order valence-electron chi connectivity index (χ3n) is 11.3. The molecule has 6 heteroatoms. The third kappa shape index (κ3) is 3.09. The van der Waals surface area contributed by atoms with Gasteiger partial charge in [0.25, 0.3) is 10.0 Å². The molecule has 4 fully saturated rings. The molecule has 1 saturated heterocycles. The molecule has 3 saturated carbocycles. The zero-order valence-corrected chi connectivity index (χ0v) is 22.3. The van der Waals surface area contributed by atoms with Crippen LogP contribution in [0.1, 0.15) is 65.2 Å². The van der Waals surface area contributed by atoms with Crippen LogP contribution < -0.4 is 0 Å². The molecule has 0 radical (unpaired) electrons. The van der Waals surface area contributed by atoms with Crippen LogP contribution in [0.3, 0.4) is 0 Å². The first-order valence-electron chi connectivity index (χ1n) is 13.1. The quantitative estimate of drug-likeness (QED) is 0.518. The molecule has 0 N–H and O–H groups in total. The molecule has 4 nitrogen and oxygen atoms in total. The summed E-state index contributed by atoms with van der Waals surface area (Å²) in [6.45, 7) is 6.32. The van der Waals surface area contributed by atoms with Gasteiger partial charge in [-0.3, -0.25) is 0 Å². The van der Waals surface area contributed by atoms with Gasteiger partial charge in [-0.2, -0.15) is 4.31 Å². The van der Waals surface area contributed by atoms with E-state index >= 15 is 0 Å². The Labute approximate surface area is 204 Å². The average Bonchev–Trinajstić information content (AvgIpc) is 3.50. The monoisotopic (exact) mass is 488 g/mol. The standard InChI is InChI=1S/C27H40N2O2S2/c1-18-22-9-10-24-21-8-7-19-16-20(29(4)33(30,31)25-6-5-15-32-25)11-13-26(19,2)23(21)12-14-27(22,24)17-28(18)3/h5-7,15,18,20-24H,8-14,16-17H2,1-4H3/t18-,20-,21+,22+,23?,24-,26-,27-/m0/s1. The maximum Gasteiger partial charge on any atom is 0.252 e. The van der Waals surface area contributed by atoms with Crippen LogP contribution in [0.25, 0.3) is 0 Å². The summed E-state index contributed by atoms with van der Waals surface area (Å²) in [5, 5.41) is 1.86. The molecular formula is C27H40N2O2S2. The molecule has 2 heterocycles. The van der Waals surface area contributed by atoms with Crippen LogP contribution in [0.4, 0.5) is 0 Å². The first-order valence-corrected chi connectivity index (χ1v) is 15.4. The molecule has 0 amide bonds. The van der Waals surface area contributed by atoms with Crippen LogP contribution >= 0.6 is 11.3 Å². The van der Waals surface area contributed by atoms with E-state index in [9.17, 15) is 8.42 Å². The number of hydrogen-bond donors (Lipinski definition) is 0. The molecule has 1 aromatic heterocycles. The van der Waals surface area contributed by atoms with Gasteiger partial charge in [0.1, 0.15) is 4.21 Å². The van der Waals surface area contributed by atoms with Crippen molar-refractivity contribution in [2.24, 2.45) is 34.5 Å². The summed E-state index contributed by atoms with van der Waals surface area (Å²) in [5.41, 5.74) is 2.40. The van der Waals surface area contributed by atoms with Gasteiger partial charge in [-0.05, 0) is 111 Å². The second kappa shape index (κ2) is 7.65. The number of rotatable bonds is 3. The highest BCUT2D eigenvalue weighted by molar-refractivity contribution is 7.91. The summed E-state index contributed by atoms with van der Waals surface area (Å²) in [5.74, 6) is 3.41. The van der Waals surface area contributed by atoms with E-state index in [0.29, 0.717) is 9.62 Å². The molecule has 1 aliphatic heterocycles. The van der Waals surface area contributed by atoms with Crippen LogP contribution in [-0.4, -0.2) is 50.3 Å². The summed E-state index contributed by atoms with van der Waals surface area (Å²) >= 11 is 1.33. The van der Waals surface area contributed by atoms with Gasteiger partial charge in [0.15, 0.2) is 0 Å². The van der Waals surface area contributed by atoms with Crippen LogP contribution in [0.15, 0.2) is 33.4 Å². The van der Waals surface area contributed by atoms with Crippen molar-refractivity contribution in [3.05, 3.63) is 29.2 Å². The van der Waals surface area contributed by atoms with E-state index in [0.717, 1.165) is 49.0 Å². The molecule has 1 unspecified atom stereocenters. The fourth-order valence-corrected chi connectivity index (χ4v) is 12.1. The van der Waals surface area contributed by atoms with E-state index in [1.165, 1.54) is 50.0 Å². The van der Waals surface area contributed by atoms with Gasteiger partial charge in [0.05, 0.1) is 0 Å². The fourth-order valence-electron chi connectivity index (χ4n) is 9.50. The molecule has 4 aliphatic carbocycles. The number of likely N-dealkylation sites (tertiary alicyclic amines) is 1. The molecule has 182 valence electrons. The van der Waals surface area contributed by atoms with Crippen LogP contribution in [0.5, 0.6) is 0 Å². The fraction of sp³-hybridized carbons (Fsp3) is 0.778. The first kappa shape index (κ1) is 22.8. The molecule has 1 spiro atoms. The minimum atomic E-state index is -3.39. The number of nitrogens with zero attached hydrogens (tertiary/aromatic N) is 2. The number of sulfonamides is 1. The summed E-state index contributed by atoms with van der Waals surface area (Å²) in [6.07, 6.45) is 12.5. The highest BCUT2D eigenvalue weighted by Gasteiger charge is 2.64. The van der Waals surface area contributed by atoms with E-state index in [2.05, 4.69) is 31.9 Å². The van der Waals surface area contributed by atoms with E-state index in [4.69, 9.17) is 0 Å². The van der Waals surface area contributed by atoms with Crippen molar-refractivity contribution < 1.29 is 8.42 Å². The summed E-state index contributed by atoms with van der Waals surface area (Å²) < 4.78 is 28.5. The number of fused-ring (bicyclic) bond motifs is 4. The lowest BCUT2D eigenvalue weighted by molar-refractivity contribution is -0.0419. The highest BCUT2D eigenvalue weighted by Crippen LogP contribution is 2.68. The summed E-state index contributed by atoms with van der Waals surface area (Å²) in [6, 6.07) is 4.40. The molecule has 0 bridgehead atoms. The lowest BCUT2D eigenvalue weighted by Gasteiger charge is -2.58. The molecule has 5 aliphatic rings. The van der Waals surface area contributed by atoms with Gasteiger partial charge in [-0.25, -0.2) is 8.42 Å². The normalized spacial score (nSPS) is 45.3. The predicted octanol–water partition coefficient (Wildman–Crippen LogP) is 5.63. The van der Waals surface area contributed by atoms with Gasteiger partial charge in [-0.15, -0.1) is 11.3 Å². The SMILES string of the molecule is C[C@H]1[C@H]2CC[C@H]3[C@@H]4CC=C5C[C@@H](N(C)S(=O)(=O)c6cccs6)CC[C@]5(C)C4CC[C@]23CN1C. The lowest BCUT2D eigenvalue weighted by atomic mass is 9.47. The molecule has 1 aromatic rings. The van der Waals surface area contributed by atoms with Crippen LogP contribution in [-0.2, 0) is 10.0 Å². The topological polar surface area (TPSA) is 40.6 Å². The maximum atomic E-state index is 13.2. The molecular weight excluding hydrogens is 448 g/mol. The van der Waals surface area contributed by atoms with E-state index < -0.39 is 10.0 Å². The Morgan fingerprint density at radius 2 is 1.91 bits per heavy atom. The van der Waals surface area contributed by atoms with Crippen molar-refractivity contribution in [2.45, 2.75) is 81.5 Å². The molecule has 6 rings (SSSR count). The molecule has 33 heavy (non-hydrogen) atoms. The van der Waals surface area contributed by atoms with Crippen molar-refractivity contribution in [2.75, 3.05) is 20.6 Å². The zero-order valence-electron chi connectivity index (χ0n) is 20.7. The Morgan fingerprint density at radius 3 is 2.67 bits per heavy atom. The van der Waals surface area contributed by atoms with Crippen molar-refractivity contribution in [3.8, 4) is 0 Å².